The van der Waals surface area contributed by atoms with Gasteiger partial charge < -0.3 is 5.32 Å². The highest BCUT2D eigenvalue weighted by Crippen LogP contribution is 2.13. The van der Waals surface area contributed by atoms with E-state index in [-0.39, 0.29) is 10.6 Å². The van der Waals surface area contributed by atoms with Crippen LogP contribution < -0.4 is 10.9 Å². The molecule has 0 spiro atoms. The maximum atomic E-state index is 11.2. The number of aromatic nitrogens is 2. The van der Waals surface area contributed by atoms with Crippen molar-refractivity contribution in [2.75, 3.05) is 11.9 Å². The first-order valence-electron chi connectivity index (χ1n) is 3.56. The minimum absolute atomic E-state index is 0.104. The third-order valence-electron chi connectivity index (χ3n) is 1.46. The lowest BCUT2D eigenvalue weighted by Crippen LogP contribution is -2.21. The van der Waals surface area contributed by atoms with Gasteiger partial charge in [-0.2, -0.15) is 5.10 Å². The van der Waals surface area contributed by atoms with E-state index in [0.29, 0.717) is 12.2 Å². The van der Waals surface area contributed by atoms with Crippen LogP contribution in [-0.2, 0) is 7.05 Å². The van der Waals surface area contributed by atoms with E-state index in [1.807, 2.05) is 0 Å². The molecule has 0 atom stereocenters. The molecule has 5 heteroatoms. The molecule has 0 aliphatic heterocycles. The Morgan fingerprint density at radius 1 is 1.85 bits per heavy atom. The van der Waals surface area contributed by atoms with Crippen LogP contribution in [0.15, 0.2) is 11.0 Å². The third-order valence-corrected chi connectivity index (χ3v) is 1.82. The first kappa shape index (κ1) is 9.62. The molecular formula is C8H8ClN3O. The van der Waals surface area contributed by atoms with Crippen molar-refractivity contribution in [1.29, 1.82) is 0 Å². The molecule has 0 amide bonds. The van der Waals surface area contributed by atoms with Crippen molar-refractivity contribution in [2.24, 2.45) is 7.05 Å². The van der Waals surface area contributed by atoms with Gasteiger partial charge in [-0.15, -0.1) is 6.42 Å². The van der Waals surface area contributed by atoms with Crippen molar-refractivity contribution < 1.29 is 0 Å². The molecule has 68 valence electrons. The van der Waals surface area contributed by atoms with Crippen molar-refractivity contribution in [3.8, 4) is 12.3 Å². The Morgan fingerprint density at radius 2 is 2.54 bits per heavy atom. The fraction of sp³-hybridized carbons (Fsp3) is 0.250. The Morgan fingerprint density at radius 3 is 3.15 bits per heavy atom. The third kappa shape index (κ3) is 2.01. The Bertz CT molecular complexity index is 405. The van der Waals surface area contributed by atoms with E-state index in [9.17, 15) is 4.79 Å². The number of nitrogens with zero attached hydrogens (tertiary/aromatic N) is 2. The van der Waals surface area contributed by atoms with Crippen molar-refractivity contribution in [2.45, 2.75) is 0 Å². The summed E-state index contributed by atoms with van der Waals surface area (Å²) in [6.45, 7) is 0.314. The van der Waals surface area contributed by atoms with Crippen LogP contribution in [-0.4, -0.2) is 16.3 Å². The van der Waals surface area contributed by atoms with Gasteiger partial charge in [0.15, 0.2) is 0 Å². The van der Waals surface area contributed by atoms with Crippen LogP contribution >= 0.6 is 11.6 Å². The predicted octanol–water partition coefficient (Wildman–Crippen LogP) is 0.479. The van der Waals surface area contributed by atoms with E-state index in [0.717, 1.165) is 4.68 Å². The zero-order chi connectivity index (χ0) is 9.84. The molecule has 0 saturated heterocycles. The van der Waals surface area contributed by atoms with Gasteiger partial charge in [0, 0.05) is 7.05 Å². The lowest BCUT2D eigenvalue weighted by Gasteiger charge is -2.04. The van der Waals surface area contributed by atoms with Crippen LogP contribution in [0, 0.1) is 12.3 Å². The second-order valence-electron chi connectivity index (χ2n) is 2.36. The topological polar surface area (TPSA) is 46.9 Å². The average molecular weight is 198 g/mol. The summed E-state index contributed by atoms with van der Waals surface area (Å²) in [5, 5.41) is 6.67. The molecule has 0 bridgehead atoms. The summed E-state index contributed by atoms with van der Waals surface area (Å²) in [5.74, 6) is 2.37. The molecule has 0 saturated carbocycles. The van der Waals surface area contributed by atoms with E-state index in [2.05, 4.69) is 16.3 Å². The Hall–Kier alpha value is -1.47. The van der Waals surface area contributed by atoms with Gasteiger partial charge in [-0.1, -0.05) is 17.5 Å². The minimum Gasteiger partial charge on any atom is -0.371 e. The molecule has 0 unspecified atom stereocenters. The Labute approximate surface area is 80.5 Å². The van der Waals surface area contributed by atoms with Crippen LogP contribution in [0.5, 0.6) is 0 Å². The second kappa shape index (κ2) is 3.97. The summed E-state index contributed by atoms with van der Waals surface area (Å²) in [6, 6.07) is 0. The number of terminal acetylenes is 1. The van der Waals surface area contributed by atoms with E-state index < -0.39 is 0 Å². The van der Waals surface area contributed by atoms with Gasteiger partial charge in [-0.05, 0) is 0 Å². The Kier molecular flexibility index (Phi) is 2.93. The van der Waals surface area contributed by atoms with E-state index in [1.54, 1.807) is 0 Å². The molecule has 0 aliphatic rings. The highest BCUT2D eigenvalue weighted by atomic mass is 35.5. The summed E-state index contributed by atoms with van der Waals surface area (Å²) in [6.07, 6.45) is 6.49. The summed E-state index contributed by atoms with van der Waals surface area (Å²) < 4.78 is 1.16. The Balaban J connectivity index is 3.06. The fourth-order valence-corrected chi connectivity index (χ4v) is 1.02. The number of aryl methyl sites for hydroxylation is 1. The van der Waals surface area contributed by atoms with Crippen molar-refractivity contribution >= 4 is 17.3 Å². The number of halogens is 1. The molecule has 0 radical (unpaired) electrons. The van der Waals surface area contributed by atoms with Gasteiger partial charge in [0.05, 0.1) is 18.4 Å². The van der Waals surface area contributed by atoms with E-state index >= 15 is 0 Å². The van der Waals surface area contributed by atoms with E-state index in [4.69, 9.17) is 18.0 Å². The molecule has 0 fully saturated rings. The highest BCUT2D eigenvalue weighted by Gasteiger charge is 2.05. The summed E-state index contributed by atoms with van der Waals surface area (Å²) >= 11 is 5.73. The predicted molar refractivity (Wildman–Crippen MR) is 51.8 cm³/mol. The van der Waals surface area contributed by atoms with Crippen molar-refractivity contribution in [1.82, 2.24) is 9.78 Å². The second-order valence-corrected chi connectivity index (χ2v) is 2.74. The van der Waals surface area contributed by atoms with Gasteiger partial charge in [-0.25, -0.2) is 4.68 Å². The SMILES string of the molecule is C#CCNc1cnn(C)c(=O)c1Cl. The van der Waals surface area contributed by atoms with Crippen LogP contribution in [0.2, 0.25) is 5.02 Å². The maximum absolute atomic E-state index is 11.2. The number of anilines is 1. The maximum Gasteiger partial charge on any atom is 0.287 e. The molecule has 13 heavy (non-hydrogen) atoms. The molecule has 0 aliphatic carbocycles. The normalized spacial score (nSPS) is 9.31. The largest absolute Gasteiger partial charge is 0.371 e. The number of nitrogens with one attached hydrogen (secondary N) is 1. The lowest BCUT2D eigenvalue weighted by atomic mass is 10.4. The molecule has 1 heterocycles. The van der Waals surface area contributed by atoms with Crippen LogP contribution in [0.1, 0.15) is 0 Å². The zero-order valence-electron chi connectivity index (χ0n) is 7.04. The van der Waals surface area contributed by atoms with Gasteiger partial charge in [-0.3, -0.25) is 4.79 Å². The summed E-state index contributed by atoms with van der Waals surface area (Å²) in [4.78, 5) is 11.2. The first-order chi connectivity index (χ1) is 6.16. The minimum atomic E-state index is -0.344. The standard InChI is InChI=1S/C8H8ClN3O/c1-3-4-10-6-5-11-12(2)8(13)7(6)9/h1,5,10H,4H2,2H3. The summed E-state index contributed by atoms with van der Waals surface area (Å²) in [5.41, 5.74) is 0.117. The van der Waals surface area contributed by atoms with Gasteiger partial charge in [0.2, 0.25) is 0 Å². The molecular weight excluding hydrogens is 190 g/mol. The zero-order valence-corrected chi connectivity index (χ0v) is 7.80. The number of hydrogen-bond donors (Lipinski definition) is 1. The molecule has 1 N–H and O–H groups in total. The van der Waals surface area contributed by atoms with Gasteiger partial charge >= 0.3 is 0 Å². The number of hydrogen-bond acceptors (Lipinski definition) is 3. The molecule has 1 aromatic rings. The molecule has 1 rings (SSSR count). The van der Waals surface area contributed by atoms with Crippen LogP contribution in [0.4, 0.5) is 5.69 Å². The van der Waals surface area contributed by atoms with Crippen molar-refractivity contribution in [3.05, 3.63) is 21.6 Å². The lowest BCUT2D eigenvalue weighted by molar-refractivity contribution is 0.708. The highest BCUT2D eigenvalue weighted by molar-refractivity contribution is 6.32. The van der Waals surface area contributed by atoms with Crippen LogP contribution in [0.3, 0.4) is 0 Å². The van der Waals surface area contributed by atoms with Crippen LogP contribution in [0.25, 0.3) is 0 Å². The summed E-state index contributed by atoms with van der Waals surface area (Å²) in [7, 11) is 1.53. The van der Waals surface area contributed by atoms with Gasteiger partial charge in [0.1, 0.15) is 5.02 Å². The average Bonchev–Trinajstić information content (AvgIpc) is 2.13. The van der Waals surface area contributed by atoms with E-state index in [1.165, 1.54) is 13.2 Å². The monoisotopic (exact) mass is 197 g/mol. The van der Waals surface area contributed by atoms with Crippen molar-refractivity contribution in [3.63, 3.8) is 0 Å². The molecule has 4 nitrogen and oxygen atoms in total. The molecule has 1 aromatic heterocycles. The fourth-order valence-electron chi connectivity index (χ4n) is 0.780. The quantitative estimate of drug-likeness (QED) is 0.702. The van der Waals surface area contributed by atoms with Gasteiger partial charge in [0.25, 0.3) is 5.56 Å². The smallest absolute Gasteiger partial charge is 0.287 e. The number of rotatable bonds is 2. The first-order valence-corrected chi connectivity index (χ1v) is 3.93. The molecule has 0 aromatic carbocycles.